The number of nitrogens with zero attached hydrogens (tertiary/aromatic N) is 1. The van der Waals surface area contributed by atoms with E-state index < -0.39 is 6.03 Å². The summed E-state index contributed by atoms with van der Waals surface area (Å²) in [4.78, 5) is 25.2. The summed E-state index contributed by atoms with van der Waals surface area (Å²) < 4.78 is 11.2. The number of carbonyl (C=O) groups excluding carboxylic acids is 2. The molecule has 0 atom stereocenters. The van der Waals surface area contributed by atoms with Gasteiger partial charge in [0.2, 0.25) is 0 Å². The molecule has 2 aromatic carbocycles. The molecule has 3 rings (SSSR count). The molecule has 0 radical (unpaired) electrons. The molecule has 1 saturated heterocycles. The zero-order valence-electron chi connectivity index (χ0n) is 15.0. The fourth-order valence-corrected chi connectivity index (χ4v) is 2.66. The summed E-state index contributed by atoms with van der Waals surface area (Å²) >= 11 is 0. The molecule has 1 heterocycles. The van der Waals surface area contributed by atoms with Gasteiger partial charge < -0.3 is 14.8 Å². The molecule has 2 aromatic rings. The Hall–Kier alpha value is -3.54. The Morgan fingerprint density at radius 3 is 2.59 bits per heavy atom. The van der Waals surface area contributed by atoms with Crippen LogP contribution in [0.4, 0.5) is 4.79 Å². The number of amides is 3. The lowest BCUT2D eigenvalue weighted by Gasteiger charge is -2.11. The Balaban J connectivity index is 1.77. The Morgan fingerprint density at radius 2 is 1.89 bits per heavy atom. The number of rotatable bonds is 7. The predicted octanol–water partition coefficient (Wildman–Crippen LogP) is 3.35. The number of hydrogen-bond donors (Lipinski definition) is 1. The second-order valence-corrected chi connectivity index (χ2v) is 5.88. The van der Waals surface area contributed by atoms with Crippen LogP contribution in [0.2, 0.25) is 0 Å². The van der Waals surface area contributed by atoms with Crippen molar-refractivity contribution in [3.63, 3.8) is 0 Å². The smallest absolute Gasteiger partial charge is 0.329 e. The van der Waals surface area contributed by atoms with E-state index in [9.17, 15) is 9.59 Å². The number of imide groups is 1. The van der Waals surface area contributed by atoms with Crippen molar-refractivity contribution >= 4 is 18.0 Å². The highest BCUT2D eigenvalue weighted by Gasteiger charge is 2.32. The summed E-state index contributed by atoms with van der Waals surface area (Å²) in [6.45, 7) is 4.13. The summed E-state index contributed by atoms with van der Waals surface area (Å²) in [7, 11) is 1.55. The number of carbonyl (C=O) groups is 2. The van der Waals surface area contributed by atoms with E-state index in [-0.39, 0.29) is 18.1 Å². The number of ether oxygens (including phenoxy) is 2. The van der Waals surface area contributed by atoms with Gasteiger partial charge in [-0.15, -0.1) is 6.58 Å². The van der Waals surface area contributed by atoms with E-state index in [4.69, 9.17) is 9.47 Å². The van der Waals surface area contributed by atoms with Crippen LogP contribution in [-0.4, -0.2) is 30.5 Å². The first-order valence-corrected chi connectivity index (χ1v) is 8.42. The van der Waals surface area contributed by atoms with E-state index in [0.29, 0.717) is 23.7 Å². The third kappa shape index (κ3) is 4.17. The zero-order valence-corrected chi connectivity index (χ0v) is 15.0. The number of benzene rings is 2. The lowest BCUT2D eigenvalue weighted by Crippen LogP contribution is -2.30. The van der Waals surface area contributed by atoms with Crippen molar-refractivity contribution in [2.24, 2.45) is 0 Å². The van der Waals surface area contributed by atoms with Crippen LogP contribution in [0.15, 0.2) is 66.9 Å². The molecule has 6 heteroatoms. The minimum Gasteiger partial charge on any atom is -0.493 e. The Labute approximate surface area is 157 Å². The number of hydrogen-bond acceptors (Lipinski definition) is 4. The molecule has 0 aliphatic carbocycles. The Kier molecular flexibility index (Phi) is 5.56. The highest BCUT2D eigenvalue weighted by Crippen LogP contribution is 2.30. The van der Waals surface area contributed by atoms with Crippen molar-refractivity contribution in [3.05, 3.63) is 78.0 Å². The molecule has 3 amide bonds. The van der Waals surface area contributed by atoms with E-state index in [1.54, 1.807) is 31.4 Å². The van der Waals surface area contributed by atoms with E-state index >= 15 is 0 Å². The Morgan fingerprint density at radius 1 is 1.11 bits per heavy atom. The third-order valence-electron chi connectivity index (χ3n) is 4.01. The van der Waals surface area contributed by atoms with E-state index in [1.807, 2.05) is 30.3 Å². The number of urea groups is 1. The zero-order chi connectivity index (χ0) is 19.2. The fraction of sp³-hybridized carbons (Fsp3) is 0.143. The van der Waals surface area contributed by atoms with Crippen molar-refractivity contribution in [1.29, 1.82) is 0 Å². The summed E-state index contributed by atoms with van der Waals surface area (Å²) in [5, 5.41) is 2.56. The first kappa shape index (κ1) is 18.3. The van der Waals surface area contributed by atoms with Crippen LogP contribution >= 0.6 is 0 Å². The topological polar surface area (TPSA) is 67.9 Å². The van der Waals surface area contributed by atoms with Gasteiger partial charge in [-0.25, -0.2) is 4.79 Å². The fourth-order valence-electron chi connectivity index (χ4n) is 2.66. The lowest BCUT2D eigenvalue weighted by molar-refractivity contribution is -0.122. The van der Waals surface area contributed by atoms with Gasteiger partial charge in [0, 0.05) is 6.54 Å². The maximum absolute atomic E-state index is 12.3. The number of methoxy groups -OCH3 is 1. The van der Waals surface area contributed by atoms with Crippen LogP contribution in [0, 0.1) is 0 Å². The quantitative estimate of drug-likeness (QED) is 0.465. The normalized spacial score (nSPS) is 15.0. The van der Waals surface area contributed by atoms with Crippen molar-refractivity contribution < 1.29 is 19.1 Å². The molecule has 1 aliphatic heterocycles. The molecular weight excluding hydrogens is 344 g/mol. The van der Waals surface area contributed by atoms with Crippen molar-refractivity contribution in [3.8, 4) is 11.5 Å². The van der Waals surface area contributed by atoms with Gasteiger partial charge in [-0.1, -0.05) is 42.5 Å². The molecule has 0 unspecified atom stereocenters. The second kappa shape index (κ2) is 8.23. The van der Waals surface area contributed by atoms with Gasteiger partial charge >= 0.3 is 6.03 Å². The molecule has 0 spiro atoms. The molecule has 1 aliphatic rings. The molecular formula is C21H20N2O4. The monoisotopic (exact) mass is 364 g/mol. The van der Waals surface area contributed by atoms with E-state index in [0.717, 1.165) is 10.5 Å². The minimum atomic E-state index is -0.457. The summed E-state index contributed by atoms with van der Waals surface area (Å²) in [5.74, 6) is 0.752. The average Bonchev–Trinajstić information content (AvgIpc) is 2.95. The lowest BCUT2D eigenvalue weighted by atomic mass is 10.1. The van der Waals surface area contributed by atoms with E-state index in [1.165, 1.54) is 6.08 Å². The first-order valence-electron chi connectivity index (χ1n) is 8.42. The van der Waals surface area contributed by atoms with Crippen molar-refractivity contribution in [1.82, 2.24) is 10.2 Å². The van der Waals surface area contributed by atoms with E-state index in [2.05, 4.69) is 11.9 Å². The Bertz CT molecular complexity index is 890. The predicted molar refractivity (Wildman–Crippen MR) is 102 cm³/mol. The highest BCUT2D eigenvalue weighted by molar-refractivity contribution is 6.14. The van der Waals surface area contributed by atoms with Gasteiger partial charge in [0.15, 0.2) is 11.5 Å². The molecule has 138 valence electrons. The van der Waals surface area contributed by atoms with Crippen molar-refractivity contribution in [2.75, 3.05) is 13.7 Å². The molecule has 1 N–H and O–H groups in total. The van der Waals surface area contributed by atoms with Crippen LogP contribution in [0.1, 0.15) is 11.1 Å². The molecule has 6 nitrogen and oxygen atoms in total. The van der Waals surface area contributed by atoms with Gasteiger partial charge in [0.1, 0.15) is 12.3 Å². The van der Waals surface area contributed by atoms with Gasteiger partial charge in [0.25, 0.3) is 5.91 Å². The molecule has 1 fully saturated rings. The van der Waals surface area contributed by atoms with Gasteiger partial charge in [-0.2, -0.15) is 0 Å². The van der Waals surface area contributed by atoms with Gasteiger partial charge in [-0.3, -0.25) is 9.69 Å². The molecule has 0 bridgehead atoms. The average molecular weight is 364 g/mol. The van der Waals surface area contributed by atoms with Crippen LogP contribution in [0.25, 0.3) is 6.08 Å². The maximum Gasteiger partial charge on any atom is 0.329 e. The largest absolute Gasteiger partial charge is 0.493 e. The summed E-state index contributed by atoms with van der Waals surface area (Å²) in [6, 6.07) is 14.7. The molecule has 0 aromatic heterocycles. The summed E-state index contributed by atoms with van der Waals surface area (Å²) in [5.41, 5.74) is 1.97. The van der Waals surface area contributed by atoms with Crippen LogP contribution in [0.5, 0.6) is 11.5 Å². The van der Waals surface area contributed by atoms with Gasteiger partial charge in [0.05, 0.1) is 7.11 Å². The van der Waals surface area contributed by atoms with Crippen LogP contribution < -0.4 is 14.8 Å². The third-order valence-corrected chi connectivity index (χ3v) is 4.01. The number of nitrogens with one attached hydrogen (secondary N) is 1. The molecule has 0 saturated carbocycles. The second-order valence-electron chi connectivity index (χ2n) is 5.88. The first-order chi connectivity index (χ1) is 13.1. The van der Waals surface area contributed by atoms with Gasteiger partial charge in [-0.05, 0) is 29.3 Å². The highest BCUT2D eigenvalue weighted by atomic mass is 16.5. The SMILES string of the molecule is C=CCN1C(=O)N/C(=C/c2ccc(OCc3ccccc3)c(OC)c2)C1=O. The molecule has 27 heavy (non-hydrogen) atoms. The van der Waals surface area contributed by atoms with Crippen LogP contribution in [0.3, 0.4) is 0 Å². The maximum atomic E-state index is 12.3. The van der Waals surface area contributed by atoms with Crippen molar-refractivity contribution in [2.45, 2.75) is 6.61 Å². The standard InChI is InChI=1S/C21H20N2O4/c1-3-11-23-20(24)17(22-21(23)25)12-16-9-10-18(19(13-16)26-2)27-14-15-7-5-4-6-8-15/h3-10,12-13H,1,11,14H2,2H3,(H,22,25)/b17-12+. The summed E-state index contributed by atoms with van der Waals surface area (Å²) in [6.07, 6.45) is 3.11. The van der Waals surface area contributed by atoms with Crippen LogP contribution in [-0.2, 0) is 11.4 Å². The minimum absolute atomic E-state index is 0.164.